The molecule has 0 bridgehead atoms. The SMILES string of the molecule is O=C(CCC(=O)N1Cc2ccccc2C2=C(C2)c2ccccc21)NCCSC[C@H](COCCN(CCO)Cc1cccc(C(=O)O)n1)OCCN(CCO)Cc1cccc(C(=O)O)n1. The minimum Gasteiger partial charge on any atom is -0.477 e. The number of nitrogens with zero attached hydrogens (tertiary/aromatic N) is 5. The lowest BCUT2D eigenvalue weighted by Crippen LogP contribution is -2.34. The number of aromatic nitrogens is 2. The first-order chi connectivity index (χ1) is 31.1. The van der Waals surface area contributed by atoms with E-state index in [4.69, 9.17) is 9.47 Å². The van der Waals surface area contributed by atoms with Crippen LogP contribution in [0, 0.1) is 0 Å². The van der Waals surface area contributed by atoms with Crippen molar-refractivity contribution < 1.29 is 49.1 Å². The van der Waals surface area contributed by atoms with Gasteiger partial charge in [0.1, 0.15) is 11.4 Å². The Hall–Kier alpha value is -5.53. The Balaban J connectivity index is 0.979. The number of amides is 2. The summed E-state index contributed by atoms with van der Waals surface area (Å²) in [6, 6.07) is 25.7. The second kappa shape index (κ2) is 24.5. The van der Waals surface area contributed by atoms with E-state index in [1.54, 1.807) is 40.9 Å². The summed E-state index contributed by atoms with van der Waals surface area (Å²) in [6.07, 6.45) is 0.688. The average Bonchev–Trinajstić information content (AvgIpc) is 4.08. The van der Waals surface area contributed by atoms with Crippen LogP contribution in [0.25, 0.3) is 11.1 Å². The second-order valence-electron chi connectivity index (χ2n) is 15.4. The largest absolute Gasteiger partial charge is 0.477 e. The first kappa shape index (κ1) is 47.9. The molecular formula is C47H56N6O10S. The van der Waals surface area contributed by atoms with Crippen molar-refractivity contribution in [3.8, 4) is 0 Å². The molecule has 2 aromatic carbocycles. The van der Waals surface area contributed by atoms with Gasteiger partial charge in [0.25, 0.3) is 0 Å². The maximum Gasteiger partial charge on any atom is 0.354 e. The van der Waals surface area contributed by atoms with Crippen LogP contribution in [0.15, 0.2) is 84.9 Å². The van der Waals surface area contributed by atoms with Gasteiger partial charge in [-0.2, -0.15) is 11.8 Å². The summed E-state index contributed by atoms with van der Waals surface area (Å²) in [4.78, 5) is 63.6. The summed E-state index contributed by atoms with van der Waals surface area (Å²) in [5.41, 5.74) is 7.80. The fourth-order valence-electron chi connectivity index (χ4n) is 7.52. The Morgan fingerprint density at radius 3 is 2.00 bits per heavy atom. The number of anilines is 1. The van der Waals surface area contributed by atoms with Crippen LogP contribution in [0.5, 0.6) is 0 Å². The van der Waals surface area contributed by atoms with Gasteiger partial charge in [-0.3, -0.25) is 19.4 Å². The van der Waals surface area contributed by atoms with Gasteiger partial charge < -0.3 is 40.1 Å². The molecule has 2 aromatic heterocycles. The fourth-order valence-corrected chi connectivity index (χ4v) is 8.39. The zero-order valence-corrected chi connectivity index (χ0v) is 36.6. The number of hydrogen-bond donors (Lipinski definition) is 5. The van der Waals surface area contributed by atoms with Gasteiger partial charge in [0, 0.05) is 75.7 Å². The normalized spacial score (nSPS) is 13.5. The molecule has 2 aliphatic rings. The van der Waals surface area contributed by atoms with Crippen LogP contribution in [0.2, 0.25) is 0 Å². The number of carboxylic acids is 2. The maximum atomic E-state index is 13.7. The van der Waals surface area contributed by atoms with Crippen LogP contribution < -0.4 is 10.2 Å². The highest BCUT2D eigenvalue weighted by Gasteiger charge is 2.33. The van der Waals surface area contributed by atoms with E-state index in [-0.39, 0.29) is 68.6 Å². The molecule has 0 spiro atoms. The van der Waals surface area contributed by atoms with Gasteiger partial charge in [-0.1, -0.05) is 54.6 Å². The van der Waals surface area contributed by atoms with E-state index in [1.165, 1.54) is 28.8 Å². The van der Waals surface area contributed by atoms with Crippen LogP contribution in [0.3, 0.4) is 0 Å². The molecule has 6 rings (SSSR count). The maximum absolute atomic E-state index is 13.7. The van der Waals surface area contributed by atoms with Gasteiger partial charge in [0.15, 0.2) is 0 Å². The van der Waals surface area contributed by atoms with E-state index in [0.717, 1.165) is 23.2 Å². The van der Waals surface area contributed by atoms with Crippen LogP contribution in [-0.4, -0.2) is 147 Å². The standard InChI is InChI=1S/C47H56N6O10S/c54-22-18-51(29-34-8-5-12-41(49-34)46(58)59)20-24-62-31-36(63-25-21-52(19-23-55)30-35-9-6-13-42(50-35)47(60)61)32-64-26-17-48-44(56)15-16-45(57)53-28-33-7-1-2-10-37(33)39-27-40(39)38-11-3-4-14-43(38)53/h1-14,36,54-55H,15-32H2,(H,48,56)(H,58,59)(H,60,61)/t36-/m0/s1. The summed E-state index contributed by atoms with van der Waals surface area (Å²) in [5.74, 6) is -1.43. The molecule has 16 nitrogen and oxygen atoms in total. The number of hydrogen-bond acceptors (Lipinski definition) is 13. The molecular weight excluding hydrogens is 841 g/mol. The van der Waals surface area contributed by atoms with Crippen molar-refractivity contribution in [2.24, 2.45) is 0 Å². The second-order valence-corrected chi connectivity index (χ2v) is 16.6. The lowest BCUT2D eigenvalue weighted by atomic mass is 10.0. The molecule has 17 heteroatoms. The van der Waals surface area contributed by atoms with Gasteiger partial charge in [-0.25, -0.2) is 19.6 Å². The number of allylic oxidation sites excluding steroid dienone is 2. The molecule has 1 aliphatic heterocycles. The summed E-state index contributed by atoms with van der Waals surface area (Å²) in [7, 11) is 0. The number of carbonyl (C=O) groups excluding carboxylic acids is 2. The van der Waals surface area contributed by atoms with Gasteiger partial charge in [-0.05, 0) is 59.0 Å². The molecule has 1 aliphatic carbocycles. The number of thioether (sulfide) groups is 1. The highest BCUT2D eigenvalue weighted by Crippen LogP contribution is 2.52. The van der Waals surface area contributed by atoms with E-state index in [2.05, 4.69) is 33.5 Å². The number of aliphatic hydroxyl groups excluding tert-OH is 2. The highest BCUT2D eigenvalue weighted by atomic mass is 32.2. The number of para-hydroxylation sites is 1. The van der Waals surface area contributed by atoms with E-state index in [0.29, 0.717) is 81.9 Å². The summed E-state index contributed by atoms with van der Waals surface area (Å²) >= 11 is 1.58. The molecule has 1 atom stereocenters. The van der Waals surface area contributed by atoms with Crippen molar-refractivity contribution in [2.45, 2.75) is 45.0 Å². The number of aromatic carboxylic acids is 2. The summed E-state index contributed by atoms with van der Waals surface area (Å²) in [6.45, 7) is 3.61. The van der Waals surface area contributed by atoms with Crippen molar-refractivity contribution in [3.05, 3.63) is 124 Å². The number of nitrogens with one attached hydrogen (secondary N) is 1. The van der Waals surface area contributed by atoms with Gasteiger partial charge in [-0.15, -0.1) is 0 Å². The van der Waals surface area contributed by atoms with Gasteiger partial charge in [0.2, 0.25) is 11.8 Å². The minimum absolute atomic E-state index is 0.0566. The molecule has 3 heterocycles. The van der Waals surface area contributed by atoms with Crippen LogP contribution in [0.4, 0.5) is 5.69 Å². The van der Waals surface area contributed by atoms with Crippen LogP contribution >= 0.6 is 11.8 Å². The number of ether oxygens (including phenoxy) is 2. The number of carboxylic acid groups (broad SMARTS) is 2. The average molecular weight is 897 g/mol. The zero-order valence-electron chi connectivity index (χ0n) is 35.8. The number of pyridine rings is 2. The highest BCUT2D eigenvalue weighted by molar-refractivity contribution is 7.99. The molecule has 2 amide bonds. The van der Waals surface area contributed by atoms with Gasteiger partial charge in [0.05, 0.1) is 62.8 Å². The first-order valence-corrected chi connectivity index (χ1v) is 22.6. The van der Waals surface area contributed by atoms with Crippen molar-refractivity contribution in [2.75, 3.05) is 82.2 Å². The lowest BCUT2D eigenvalue weighted by molar-refractivity contribution is -0.125. The number of carbonyl (C=O) groups is 4. The Labute approximate surface area is 376 Å². The monoisotopic (exact) mass is 896 g/mol. The predicted octanol–water partition coefficient (Wildman–Crippen LogP) is 4.05. The molecule has 0 radical (unpaired) electrons. The number of benzene rings is 2. The van der Waals surface area contributed by atoms with Gasteiger partial charge >= 0.3 is 11.9 Å². The fraction of sp³-hybridized carbons (Fsp3) is 0.404. The number of aliphatic hydroxyl groups is 2. The van der Waals surface area contributed by atoms with E-state index < -0.39 is 11.9 Å². The van der Waals surface area contributed by atoms with E-state index >= 15 is 0 Å². The molecule has 64 heavy (non-hydrogen) atoms. The molecule has 0 saturated carbocycles. The predicted molar refractivity (Wildman–Crippen MR) is 243 cm³/mol. The number of fused-ring (bicyclic) bond motifs is 4. The zero-order chi connectivity index (χ0) is 45.3. The lowest BCUT2D eigenvalue weighted by Gasteiger charge is -2.27. The molecule has 4 aromatic rings. The first-order valence-electron chi connectivity index (χ1n) is 21.4. The summed E-state index contributed by atoms with van der Waals surface area (Å²) in [5, 5.41) is 41.0. The third kappa shape index (κ3) is 14.2. The Morgan fingerprint density at radius 1 is 0.734 bits per heavy atom. The molecule has 340 valence electrons. The van der Waals surface area contributed by atoms with Crippen molar-refractivity contribution in [1.29, 1.82) is 0 Å². The smallest absolute Gasteiger partial charge is 0.354 e. The van der Waals surface area contributed by atoms with Crippen molar-refractivity contribution in [3.63, 3.8) is 0 Å². The quantitative estimate of drug-likeness (QED) is 0.0534. The third-order valence-corrected chi connectivity index (χ3v) is 11.9. The molecule has 5 N–H and O–H groups in total. The molecule has 0 fully saturated rings. The van der Waals surface area contributed by atoms with Crippen LogP contribution in [-0.2, 0) is 38.7 Å². The Kier molecular flexibility index (Phi) is 18.4. The Morgan fingerprint density at radius 2 is 1.34 bits per heavy atom. The van der Waals surface area contributed by atoms with E-state index in [9.17, 15) is 39.6 Å². The van der Waals surface area contributed by atoms with Crippen molar-refractivity contribution in [1.82, 2.24) is 25.1 Å². The Bertz CT molecular complexity index is 2260. The minimum atomic E-state index is -1.12. The van der Waals surface area contributed by atoms with E-state index in [1.807, 2.05) is 40.1 Å². The third-order valence-electron chi connectivity index (χ3n) is 10.8. The summed E-state index contributed by atoms with van der Waals surface area (Å²) < 4.78 is 12.4. The molecule has 0 unspecified atom stereocenters. The molecule has 0 saturated heterocycles. The number of rotatable bonds is 27. The van der Waals surface area contributed by atoms with Crippen LogP contribution in [0.1, 0.15) is 68.3 Å². The van der Waals surface area contributed by atoms with Crippen molar-refractivity contribution >= 4 is 52.3 Å². The topological polar surface area (TPSA) is 215 Å².